The van der Waals surface area contributed by atoms with Gasteiger partial charge in [-0.05, 0) is 19.1 Å². The fraction of sp³-hybridized carbons (Fsp3) is 0.100. The van der Waals surface area contributed by atoms with Crippen molar-refractivity contribution < 1.29 is 14.5 Å². The SMILES string of the molecule is CC[n+]1c(C2=C(O)c3ccccc3C2=O)ccc2ccccc21. The number of rotatable bonds is 2. The Bertz CT molecular complexity index is 986. The number of benzene rings is 2. The molecule has 0 unspecified atom stereocenters. The Labute approximate surface area is 134 Å². The highest BCUT2D eigenvalue weighted by Gasteiger charge is 2.35. The van der Waals surface area contributed by atoms with E-state index in [-0.39, 0.29) is 11.5 Å². The Morgan fingerprint density at radius 3 is 2.35 bits per heavy atom. The van der Waals surface area contributed by atoms with E-state index in [1.807, 2.05) is 55.5 Å². The van der Waals surface area contributed by atoms with E-state index in [4.69, 9.17) is 0 Å². The predicted octanol–water partition coefficient (Wildman–Crippen LogP) is 3.77. The number of nitrogens with zero attached hydrogens (tertiary/aromatic N) is 1. The van der Waals surface area contributed by atoms with Gasteiger partial charge in [-0.15, -0.1) is 0 Å². The number of carbonyl (C=O) groups is 1. The number of fused-ring (bicyclic) bond motifs is 2. The lowest BCUT2D eigenvalue weighted by atomic mass is 10.0. The van der Waals surface area contributed by atoms with E-state index in [9.17, 15) is 9.90 Å². The van der Waals surface area contributed by atoms with E-state index < -0.39 is 0 Å². The minimum atomic E-state index is -0.115. The third kappa shape index (κ3) is 1.90. The summed E-state index contributed by atoms with van der Waals surface area (Å²) in [4.78, 5) is 12.8. The van der Waals surface area contributed by atoms with E-state index in [0.29, 0.717) is 16.7 Å². The van der Waals surface area contributed by atoms with Gasteiger partial charge in [0.2, 0.25) is 17.0 Å². The topological polar surface area (TPSA) is 41.2 Å². The summed E-state index contributed by atoms with van der Waals surface area (Å²) in [6, 6.07) is 19.2. The van der Waals surface area contributed by atoms with Crippen LogP contribution in [0.4, 0.5) is 0 Å². The molecule has 112 valence electrons. The molecular weight excluding hydrogens is 286 g/mol. The van der Waals surface area contributed by atoms with Crippen molar-refractivity contribution in [2.75, 3.05) is 0 Å². The molecule has 0 radical (unpaired) electrons. The van der Waals surface area contributed by atoms with Crippen LogP contribution in [0.5, 0.6) is 0 Å². The van der Waals surface area contributed by atoms with Crippen molar-refractivity contribution in [3.05, 3.63) is 77.5 Å². The quantitative estimate of drug-likeness (QED) is 0.732. The van der Waals surface area contributed by atoms with Gasteiger partial charge in [0.05, 0.1) is 0 Å². The molecule has 1 heterocycles. The number of aliphatic hydroxyl groups is 1. The molecule has 3 heteroatoms. The number of hydrogen-bond acceptors (Lipinski definition) is 2. The van der Waals surface area contributed by atoms with Crippen LogP contribution in [-0.4, -0.2) is 10.9 Å². The summed E-state index contributed by atoms with van der Waals surface area (Å²) >= 11 is 0. The second-order valence-corrected chi connectivity index (χ2v) is 5.62. The lowest BCUT2D eigenvalue weighted by molar-refractivity contribution is -0.669. The van der Waals surface area contributed by atoms with Crippen LogP contribution in [0, 0.1) is 0 Å². The fourth-order valence-corrected chi connectivity index (χ4v) is 3.32. The van der Waals surface area contributed by atoms with Crippen molar-refractivity contribution >= 4 is 28.0 Å². The number of aliphatic hydroxyl groups excluding tert-OH is 1. The number of ketones is 1. The first-order chi connectivity index (χ1) is 11.2. The van der Waals surface area contributed by atoms with Crippen molar-refractivity contribution in [1.82, 2.24) is 0 Å². The largest absolute Gasteiger partial charge is 0.506 e. The number of aromatic nitrogens is 1. The molecule has 23 heavy (non-hydrogen) atoms. The number of carbonyl (C=O) groups excluding carboxylic acids is 1. The number of hydrogen-bond donors (Lipinski definition) is 1. The molecule has 3 nitrogen and oxygen atoms in total. The Morgan fingerprint density at radius 1 is 0.913 bits per heavy atom. The maximum atomic E-state index is 12.8. The average molecular weight is 302 g/mol. The number of allylic oxidation sites excluding steroid dienone is 1. The normalized spacial score (nSPS) is 13.7. The van der Waals surface area contributed by atoms with Crippen LogP contribution in [0.2, 0.25) is 0 Å². The smallest absolute Gasteiger partial charge is 0.220 e. The molecular formula is C20H16NO2+. The Hall–Kier alpha value is -2.94. The number of para-hydroxylation sites is 1. The Kier molecular flexibility index (Phi) is 3.01. The van der Waals surface area contributed by atoms with Crippen molar-refractivity contribution in [3.8, 4) is 0 Å². The van der Waals surface area contributed by atoms with Crippen LogP contribution in [0.15, 0.2) is 60.7 Å². The zero-order valence-electron chi connectivity index (χ0n) is 12.8. The molecule has 0 amide bonds. The maximum absolute atomic E-state index is 12.8. The van der Waals surface area contributed by atoms with Crippen LogP contribution < -0.4 is 4.57 Å². The van der Waals surface area contributed by atoms with E-state index in [0.717, 1.165) is 23.1 Å². The van der Waals surface area contributed by atoms with Crippen LogP contribution in [-0.2, 0) is 6.54 Å². The summed E-state index contributed by atoms with van der Waals surface area (Å²) in [5.41, 5.74) is 3.37. The second-order valence-electron chi connectivity index (χ2n) is 5.62. The third-order valence-electron chi connectivity index (χ3n) is 4.40. The van der Waals surface area contributed by atoms with E-state index >= 15 is 0 Å². The van der Waals surface area contributed by atoms with Crippen molar-refractivity contribution in [2.45, 2.75) is 13.5 Å². The summed E-state index contributed by atoms with van der Waals surface area (Å²) in [6.07, 6.45) is 0. The molecule has 1 aromatic heterocycles. The molecule has 4 rings (SSSR count). The molecule has 0 aliphatic heterocycles. The molecule has 0 fully saturated rings. The molecule has 0 spiro atoms. The predicted molar refractivity (Wildman–Crippen MR) is 90.0 cm³/mol. The van der Waals surface area contributed by atoms with Crippen LogP contribution in [0.3, 0.4) is 0 Å². The minimum absolute atomic E-state index is 0.0723. The monoisotopic (exact) mass is 302 g/mol. The number of aryl methyl sites for hydroxylation is 1. The molecule has 0 saturated heterocycles. The summed E-state index contributed by atoms with van der Waals surface area (Å²) < 4.78 is 2.07. The molecule has 0 bridgehead atoms. The minimum Gasteiger partial charge on any atom is -0.506 e. The van der Waals surface area contributed by atoms with Gasteiger partial charge in [-0.2, -0.15) is 4.57 Å². The molecule has 3 aromatic rings. The fourth-order valence-electron chi connectivity index (χ4n) is 3.32. The van der Waals surface area contributed by atoms with Gasteiger partial charge >= 0.3 is 0 Å². The molecule has 0 atom stereocenters. The summed E-state index contributed by atoms with van der Waals surface area (Å²) in [7, 11) is 0. The lowest BCUT2D eigenvalue weighted by Crippen LogP contribution is -2.38. The standard InChI is InChI=1S/C20H15NO2/c1-2-21-16-10-6-3-7-13(16)11-12-17(21)18-19(22)14-8-4-5-9-15(14)20(18)23/h3-12H,2H2,1H3/p+1. The van der Waals surface area contributed by atoms with Gasteiger partial charge in [0.1, 0.15) is 17.9 Å². The number of Topliss-reactive ketones (excluding diaryl/α,β-unsaturated/α-hetero) is 1. The van der Waals surface area contributed by atoms with E-state index in [2.05, 4.69) is 4.57 Å². The van der Waals surface area contributed by atoms with Crippen LogP contribution in [0.1, 0.15) is 28.5 Å². The van der Waals surface area contributed by atoms with Gasteiger partial charge in [-0.1, -0.05) is 36.4 Å². The van der Waals surface area contributed by atoms with Gasteiger partial charge in [0, 0.05) is 28.6 Å². The van der Waals surface area contributed by atoms with Crippen LogP contribution in [0.25, 0.3) is 22.2 Å². The van der Waals surface area contributed by atoms with Crippen molar-refractivity contribution in [3.63, 3.8) is 0 Å². The highest BCUT2D eigenvalue weighted by atomic mass is 16.3. The molecule has 1 aliphatic rings. The zero-order valence-corrected chi connectivity index (χ0v) is 12.8. The van der Waals surface area contributed by atoms with Crippen LogP contribution >= 0.6 is 0 Å². The van der Waals surface area contributed by atoms with E-state index in [1.54, 1.807) is 12.1 Å². The Balaban J connectivity index is 2.01. The summed E-state index contributed by atoms with van der Waals surface area (Å²) in [5.74, 6) is -0.0429. The highest BCUT2D eigenvalue weighted by molar-refractivity contribution is 6.38. The molecule has 1 N–H and O–H groups in total. The van der Waals surface area contributed by atoms with E-state index in [1.165, 1.54) is 0 Å². The Morgan fingerprint density at radius 2 is 1.61 bits per heavy atom. The first-order valence-electron chi connectivity index (χ1n) is 7.71. The van der Waals surface area contributed by atoms with Gasteiger partial charge in [0.25, 0.3) is 0 Å². The molecule has 1 aliphatic carbocycles. The number of pyridine rings is 1. The third-order valence-corrected chi connectivity index (χ3v) is 4.40. The molecule has 0 saturated carbocycles. The van der Waals surface area contributed by atoms with Gasteiger partial charge in [-0.25, -0.2) is 0 Å². The van der Waals surface area contributed by atoms with Gasteiger partial charge < -0.3 is 5.11 Å². The highest BCUT2D eigenvalue weighted by Crippen LogP contribution is 2.35. The van der Waals surface area contributed by atoms with Crippen molar-refractivity contribution in [1.29, 1.82) is 0 Å². The van der Waals surface area contributed by atoms with Gasteiger partial charge in [-0.3, -0.25) is 4.79 Å². The zero-order chi connectivity index (χ0) is 16.0. The average Bonchev–Trinajstić information content (AvgIpc) is 2.85. The summed E-state index contributed by atoms with van der Waals surface area (Å²) in [5, 5.41) is 11.7. The van der Waals surface area contributed by atoms with Crippen molar-refractivity contribution in [2.24, 2.45) is 0 Å². The first-order valence-corrected chi connectivity index (χ1v) is 7.71. The molecule has 2 aromatic carbocycles. The summed E-state index contributed by atoms with van der Waals surface area (Å²) in [6.45, 7) is 2.76. The maximum Gasteiger partial charge on any atom is 0.220 e. The second kappa shape index (κ2) is 5.06. The lowest BCUT2D eigenvalue weighted by Gasteiger charge is -2.06. The first kappa shape index (κ1) is 13.7. The van der Waals surface area contributed by atoms with Gasteiger partial charge in [0.15, 0.2) is 0 Å².